The van der Waals surface area contributed by atoms with Crippen molar-refractivity contribution in [3.8, 4) is 5.75 Å². The summed E-state index contributed by atoms with van der Waals surface area (Å²) < 4.78 is 30.9. The van der Waals surface area contributed by atoms with Gasteiger partial charge in [0, 0.05) is 0 Å². The number of hydrogen-bond acceptors (Lipinski definition) is 7. The monoisotopic (exact) mass is 382 g/mol. The van der Waals surface area contributed by atoms with Crippen molar-refractivity contribution in [3.05, 3.63) is 72.8 Å². The van der Waals surface area contributed by atoms with Gasteiger partial charge in [-0.1, -0.05) is 0 Å². The van der Waals surface area contributed by atoms with Gasteiger partial charge in [-0.15, -0.1) is 0 Å². The van der Waals surface area contributed by atoms with Crippen LogP contribution in [0.25, 0.3) is 0 Å². The SMILES string of the molecule is O=S(=O)(O)c1ccc(N=Nc2ccc(N=Nc3ccc(O)cc3)cc2)cc1. The molecule has 0 fully saturated rings. The fourth-order valence-electron chi connectivity index (χ4n) is 2.02. The second-order valence-electron chi connectivity index (χ2n) is 5.40. The van der Waals surface area contributed by atoms with Gasteiger partial charge in [-0.05, 0) is 72.8 Å². The van der Waals surface area contributed by atoms with E-state index in [4.69, 9.17) is 4.55 Å². The fraction of sp³-hybridized carbons (Fsp3) is 0. The van der Waals surface area contributed by atoms with Crippen LogP contribution in [0.15, 0.2) is 98.1 Å². The van der Waals surface area contributed by atoms with Crippen LogP contribution in [-0.4, -0.2) is 18.1 Å². The van der Waals surface area contributed by atoms with E-state index in [0.29, 0.717) is 22.7 Å². The first-order valence-corrected chi connectivity index (χ1v) is 9.14. The Balaban J connectivity index is 1.66. The molecule has 0 amide bonds. The maximum absolute atomic E-state index is 11.0. The van der Waals surface area contributed by atoms with Crippen LogP contribution in [0, 0.1) is 0 Å². The van der Waals surface area contributed by atoms with Gasteiger partial charge < -0.3 is 5.11 Å². The van der Waals surface area contributed by atoms with Crippen LogP contribution < -0.4 is 0 Å². The van der Waals surface area contributed by atoms with E-state index < -0.39 is 10.1 Å². The van der Waals surface area contributed by atoms with Crippen LogP contribution in [0.5, 0.6) is 5.75 Å². The van der Waals surface area contributed by atoms with Gasteiger partial charge in [0.05, 0.1) is 27.6 Å². The lowest BCUT2D eigenvalue weighted by Crippen LogP contribution is -1.96. The smallest absolute Gasteiger partial charge is 0.294 e. The average Bonchev–Trinajstić information content (AvgIpc) is 2.66. The van der Waals surface area contributed by atoms with Crippen molar-refractivity contribution in [2.45, 2.75) is 4.90 Å². The molecular formula is C18H14N4O4S. The summed E-state index contributed by atoms with van der Waals surface area (Å²) in [4.78, 5) is -0.204. The molecule has 0 saturated carbocycles. The zero-order valence-corrected chi connectivity index (χ0v) is 14.7. The molecule has 0 aliphatic heterocycles. The second-order valence-corrected chi connectivity index (χ2v) is 6.82. The van der Waals surface area contributed by atoms with E-state index >= 15 is 0 Å². The number of phenols is 1. The number of azo groups is 2. The number of phenolic OH excluding ortho intramolecular Hbond substituents is 1. The molecule has 136 valence electrons. The normalized spacial score (nSPS) is 12.0. The van der Waals surface area contributed by atoms with Crippen molar-refractivity contribution in [2.24, 2.45) is 20.5 Å². The second kappa shape index (κ2) is 7.85. The Hall–Kier alpha value is -3.43. The minimum Gasteiger partial charge on any atom is -0.508 e. The van der Waals surface area contributed by atoms with Crippen molar-refractivity contribution < 1.29 is 18.1 Å². The van der Waals surface area contributed by atoms with Crippen LogP contribution in [0.4, 0.5) is 22.7 Å². The molecule has 27 heavy (non-hydrogen) atoms. The number of rotatable bonds is 5. The maximum Gasteiger partial charge on any atom is 0.294 e. The van der Waals surface area contributed by atoms with Crippen molar-refractivity contribution >= 4 is 32.9 Å². The molecule has 0 saturated heterocycles. The molecule has 0 spiro atoms. The summed E-state index contributed by atoms with van der Waals surface area (Å²) in [5, 5.41) is 25.4. The zero-order valence-electron chi connectivity index (χ0n) is 13.8. The van der Waals surface area contributed by atoms with Gasteiger partial charge in [0.15, 0.2) is 0 Å². The predicted octanol–water partition coefficient (Wildman–Crippen LogP) is 5.47. The van der Waals surface area contributed by atoms with Crippen LogP contribution >= 0.6 is 0 Å². The largest absolute Gasteiger partial charge is 0.508 e. The highest BCUT2D eigenvalue weighted by Crippen LogP contribution is 2.24. The third-order valence-corrected chi connectivity index (χ3v) is 4.26. The third-order valence-electron chi connectivity index (χ3n) is 3.40. The van der Waals surface area contributed by atoms with Crippen LogP contribution in [-0.2, 0) is 10.1 Å². The first-order valence-electron chi connectivity index (χ1n) is 7.70. The summed E-state index contributed by atoms with van der Waals surface area (Å²) in [6.45, 7) is 0. The van der Waals surface area contributed by atoms with E-state index in [0.717, 1.165) is 0 Å². The number of aromatic hydroxyl groups is 1. The van der Waals surface area contributed by atoms with Gasteiger partial charge in [0.1, 0.15) is 5.75 Å². The Morgan fingerprint density at radius 2 is 0.852 bits per heavy atom. The fourth-order valence-corrected chi connectivity index (χ4v) is 2.50. The third kappa shape index (κ3) is 5.27. The van der Waals surface area contributed by atoms with Crippen molar-refractivity contribution in [2.75, 3.05) is 0 Å². The quantitative estimate of drug-likeness (QED) is 0.448. The Morgan fingerprint density at radius 3 is 1.19 bits per heavy atom. The Kier molecular flexibility index (Phi) is 5.34. The van der Waals surface area contributed by atoms with E-state index in [1.54, 1.807) is 36.4 Å². The van der Waals surface area contributed by atoms with Crippen molar-refractivity contribution in [1.82, 2.24) is 0 Å². The molecule has 0 aliphatic rings. The first kappa shape index (κ1) is 18.4. The number of benzene rings is 3. The molecular weight excluding hydrogens is 368 g/mol. The molecule has 3 aromatic rings. The van der Waals surface area contributed by atoms with Crippen LogP contribution in [0.1, 0.15) is 0 Å². The first-order chi connectivity index (χ1) is 12.9. The highest BCUT2D eigenvalue weighted by molar-refractivity contribution is 7.85. The summed E-state index contributed by atoms with van der Waals surface area (Å²) in [6, 6.07) is 18.6. The highest BCUT2D eigenvalue weighted by Gasteiger charge is 2.07. The maximum atomic E-state index is 11.0. The van der Waals surface area contributed by atoms with E-state index in [1.807, 2.05) is 0 Å². The van der Waals surface area contributed by atoms with Crippen molar-refractivity contribution in [3.63, 3.8) is 0 Å². The van der Waals surface area contributed by atoms with Crippen LogP contribution in [0.3, 0.4) is 0 Å². The van der Waals surface area contributed by atoms with E-state index in [1.165, 1.54) is 36.4 Å². The minimum absolute atomic E-state index is 0.163. The molecule has 3 aromatic carbocycles. The molecule has 2 N–H and O–H groups in total. The van der Waals surface area contributed by atoms with E-state index in [9.17, 15) is 13.5 Å². The topological polar surface area (TPSA) is 124 Å². The average molecular weight is 382 g/mol. The molecule has 0 atom stereocenters. The predicted molar refractivity (Wildman–Crippen MR) is 99.2 cm³/mol. The van der Waals surface area contributed by atoms with Gasteiger partial charge in [-0.25, -0.2) is 0 Å². The molecule has 3 rings (SSSR count). The minimum atomic E-state index is -4.22. The standard InChI is InChI=1S/C18H14N4O4S/c23-17-9-5-15(6-10-17)21-19-13-1-3-14(4-2-13)20-22-16-7-11-18(12-8-16)27(24,25)26/h1-12,23H,(H,24,25,26). The molecule has 0 unspecified atom stereocenters. The van der Waals surface area contributed by atoms with Gasteiger partial charge in [-0.3, -0.25) is 4.55 Å². The van der Waals surface area contributed by atoms with Gasteiger partial charge >= 0.3 is 0 Å². The molecule has 0 radical (unpaired) electrons. The lowest BCUT2D eigenvalue weighted by molar-refractivity contribution is 0.475. The molecule has 8 nitrogen and oxygen atoms in total. The van der Waals surface area contributed by atoms with E-state index in [2.05, 4.69) is 20.5 Å². The Bertz CT molecular complexity index is 1080. The molecule has 0 aliphatic carbocycles. The summed E-state index contributed by atoms with van der Waals surface area (Å²) in [5.74, 6) is 0.163. The summed E-state index contributed by atoms with van der Waals surface area (Å²) >= 11 is 0. The number of hydrogen-bond donors (Lipinski definition) is 2. The van der Waals surface area contributed by atoms with Gasteiger partial charge in [-0.2, -0.15) is 28.9 Å². The summed E-state index contributed by atoms with van der Waals surface area (Å²) in [7, 11) is -4.22. The van der Waals surface area contributed by atoms with Crippen molar-refractivity contribution in [1.29, 1.82) is 0 Å². The summed E-state index contributed by atoms with van der Waals surface area (Å²) in [6.07, 6.45) is 0. The zero-order chi connectivity index (χ0) is 19.3. The van der Waals surface area contributed by atoms with E-state index in [-0.39, 0.29) is 10.6 Å². The van der Waals surface area contributed by atoms with Crippen LogP contribution in [0.2, 0.25) is 0 Å². The lowest BCUT2D eigenvalue weighted by atomic mass is 10.3. The summed E-state index contributed by atoms with van der Waals surface area (Å²) in [5.41, 5.74) is 2.26. The van der Waals surface area contributed by atoms with Gasteiger partial charge in [0.2, 0.25) is 0 Å². The molecule has 0 aromatic heterocycles. The molecule has 0 heterocycles. The molecule has 0 bridgehead atoms. The molecule has 9 heteroatoms. The Labute approximate surface area is 155 Å². The Morgan fingerprint density at radius 1 is 0.556 bits per heavy atom. The number of nitrogens with zero attached hydrogens (tertiary/aromatic N) is 4. The van der Waals surface area contributed by atoms with Gasteiger partial charge in [0.25, 0.3) is 10.1 Å². The highest BCUT2D eigenvalue weighted by atomic mass is 32.2. The lowest BCUT2D eigenvalue weighted by Gasteiger charge is -1.97.